The Hall–Kier alpha value is -0.890. The zero-order valence-electron chi connectivity index (χ0n) is 11.8. The summed E-state index contributed by atoms with van der Waals surface area (Å²) in [7, 11) is -3.55. The Morgan fingerprint density at radius 3 is 2.60 bits per heavy atom. The van der Waals surface area contributed by atoms with Crippen LogP contribution in [0.4, 0.5) is 0 Å². The third-order valence-corrected chi connectivity index (χ3v) is 5.51. The summed E-state index contributed by atoms with van der Waals surface area (Å²) in [6.45, 7) is 4.78. The van der Waals surface area contributed by atoms with E-state index in [9.17, 15) is 8.42 Å². The summed E-state index contributed by atoms with van der Waals surface area (Å²) in [5, 5.41) is 9.03. The lowest BCUT2D eigenvalue weighted by molar-refractivity contribution is 0.0290. The highest BCUT2D eigenvalue weighted by atomic mass is 32.2. The minimum absolute atomic E-state index is 0.143. The van der Waals surface area contributed by atoms with Gasteiger partial charge in [0.05, 0.1) is 6.10 Å². The number of hydrogen-bond acceptors (Lipinski definition) is 5. The molecule has 1 N–H and O–H groups in total. The number of furan rings is 1. The van der Waals surface area contributed by atoms with Gasteiger partial charge in [-0.15, -0.1) is 0 Å². The molecule has 1 aromatic rings. The van der Waals surface area contributed by atoms with Crippen molar-refractivity contribution in [2.45, 2.75) is 44.3 Å². The highest BCUT2D eigenvalue weighted by Gasteiger charge is 2.32. The minimum atomic E-state index is -3.55. The fourth-order valence-electron chi connectivity index (χ4n) is 2.47. The number of ether oxygens (including phenoxy) is 1. The summed E-state index contributed by atoms with van der Waals surface area (Å²) in [6, 6.07) is 1.40. The quantitative estimate of drug-likeness (QED) is 0.886. The van der Waals surface area contributed by atoms with Crippen LogP contribution in [0.3, 0.4) is 0 Å². The van der Waals surface area contributed by atoms with Crippen LogP contribution >= 0.6 is 0 Å². The van der Waals surface area contributed by atoms with Gasteiger partial charge in [0.25, 0.3) is 0 Å². The minimum Gasteiger partial charge on any atom is -0.462 e. The summed E-state index contributed by atoms with van der Waals surface area (Å²) >= 11 is 0. The molecule has 0 radical (unpaired) electrons. The summed E-state index contributed by atoms with van der Waals surface area (Å²) in [6.07, 6.45) is 1.55. The number of rotatable bonds is 5. The van der Waals surface area contributed by atoms with Crippen LogP contribution in [-0.4, -0.2) is 43.6 Å². The van der Waals surface area contributed by atoms with E-state index in [2.05, 4.69) is 0 Å². The second-order valence-electron chi connectivity index (χ2n) is 4.85. The van der Waals surface area contributed by atoms with Gasteiger partial charge in [-0.3, -0.25) is 0 Å². The summed E-state index contributed by atoms with van der Waals surface area (Å²) < 4.78 is 37.3. The molecule has 0 atom stereocenters. The Morgan fingerprint density at radius 1 is 1.45 bits per heavy atom. The van der Waals surface area contributed by atoms with E-state index in [1.54, 1.807) is 6.92 Å². The van der Waals surface area contributed by atoms with Crippen LogP contribution < -0.4 is 0 Å². The molecule has 2 rings (SSSR count). The van der Waals surface area contributed by atoms with E-state index in [1.165, 1.54) is 10.4 Å². The lowest BCUT2D eigenvalue weighted by Gasteiger charge is -2.30. The SMILES string of the molecule is CCOC1CCN(S(=O)(=O)c2cc(CO)oc2C)CC1. The molecule has 6 nitrogen and oxygen atoms in total. The van der Waals surface area contributed by atoms with E-state index in [-0.39, 0.29) is 23.4 Å². The number of aryl methyl sites for hydroxylation is 1. The molecule has 0 unspecified atom stereocenters. The lowest BCUT2D eigenvalue weighted by atomic mass is 10.1. The molecule has 1 aromatic heterocycles. The van der Waals surface area contributed by atoms with Crippen LogP contribution in [0, 0.1) is 6.92 Å². The molecule has 1 aliphatic rings. The molecule has 1 saturated heterocycles. The van der Waals surface area contributed by atoms with E-state index in [0.717, 1.165) is 0 Å². The van der Waals surface area contributed by atoms with Crippen LogP contribution in [0.25, 0.3) is 0 Å². The lowest BCUT2D eigenvalue weighted by Crippen LogP contribution is -2.40. The van der Waals surface area contributed by atoms with Gasteiger partial charge in [-0.25, -0.2) is 8.42 Å². The van der Waals surface area contributed by atoms with Crippen molar-refractivity contribution in [3.8, 4) is 0 Å². The topological polar surface area (TPSA) is 80.0 Å². The Balaban J connectivity index is 2.13. The number of sulfonamides is 1. The van der Waals surface area contributed by atoms with E-state index < -0.39 is 10.0 Å². The van der Waals surface area contributed by atoms with Gasteiger partial charge in [0.2, 0.25) is 10.0 Å². The highest BCUT2D eigenvalue weighted by Crippen LogP contribution is 2.26. The maximum absolute atomic E-state index is 12.5. The molecule has 2 heterocycles. The van der Waals surface area contributed by atoms with Crippen molar-refractivity contribution >= 4 is 10.0 Å². The van der Waals surface area contributed by atoms with Gasteiger partial charge in [0.15, 0.2) is 0 Å². The van der Waals surface area contributed by atoms with Crippen LogP contribution in [0.5, 0.6) is 0 Å². The van der Waals surface area contributed by atoms with Crippen molar-refractivity contribution in [3.63, 3.8) is 0 Å². The van der Waals surface area contributed by atoms with Gasteiger partial charge in [-0.1, -0.05) is 0 Å². The first-order valence-electron chi connectivity index (χ1n) is 6.81. The first-order valence-corrected chi connectivity index (χ1v) is 8.25. The smallest absolute Gasteiger partial charge is 0.246 e. The monoisotopic (exact) mass is 303 g/mol. The predicted octanol–water partition coefficient (Wildman–Crippen LogP) is 1.27. The van der Waals surface area contributed by atoms with Crippen LogP contribution in [0.1, 0.15) is 31.3 Å². The maximum Gasteiger partial charge on any atom is 0.246 e. The second kappa shape index (κ2) is 6.26. The Bertz CT molecular complexity index is 543. The molecule has 1 aliphatic heterocycles. The van der Waals surface area contributed by atoms with E-state index in [1.807, 2.05) is 6.92 Å². The number of nitrogens with zero attached hydrogens (tertiary/aromatic N) is 1. The molecule has 7 heteroatoms. The molecule has 114 valence electrons. The van der Waals surface area contributed by atoms with Gasteiger partial charge in [0, 0.05) is 25.8 Å². The van der Waals surface area contributed by atoms with Crippen molar-refractivity contribution in [3.05, 3.63) is 17.6 Å². The van der Waals surface area contributed by atoms with E-state index >= 15 is 0 Å². The maximum atomic E-state index is 12.5. The van der Waals surface area contributed by atoms with Crippen molar-refractivity contribution < 1.29 is 22.7 Å². The number of piperidine rings is 1. The molecule has 0 aliphatic carbocycles. The number of hydrogen-bond donors (Lipinski definition) is 1. The summed E-state index contributed by atoms with van der Waals surface area (Å²) in [5.74, 6) is 0.589. The fourth-order valence-corrected chi connectivity index (χ4v) is 4.13. The van der Waals surface area contributed by atoms with Gasteiger partial charge in [0.1, 0.15) is 23.0 Å². The summed E-state index contributed by atoms with van der Waals surface area (Å²) in [5.41, 5.74) is 0. The third kappa shape index (κ3) is 3.06. The first-order chi connectivity index (χ1) is 9.48. The molecule has 0 saturated carbocycles. The van der Waals surface area contributed by atoms with Crippen LogP contribution in [0.15, 0.2) is 15.4 Å². The molecule has 0 spiro atoms. The number of aliphatic hydroxyl groups excluding tert-OH is 1. The first kappa shape index (κ1) is 15.5. The zero-order chi connectivity index (χ0) is 14.8. The third-order valence-electron chi connectivity index (χ3n) is 3.50. The standard InChI is InChI=1S/C13H21NO5S/c1-3-18-11-4-6-14(7-5-11)20(16,17)13-8-12(9-15)19-10(13)2/h8,11,15H,3-7,9H2,1-2H3. The van der Waals surface area contributed by atoms with Crippen LogP contribution in [0.2, 0.25) is 0 Å². The van der Waals surface area contributed by atoms with Gasteiger partial charge in [-0.2, -0.15) is 4.31 Å². The normalized spacial score (nSPS) is 18.6. The van der Waals surface area contributed by atoms with Gasteiger partial charge >= 0.3 is 0 Å². The number of aliphatic hydroxyl groups is 1. The molecule has 1 fully saturated rings. The van der Waals surface area contributed by atoms with Crippen molar-refractivity contribution in [2.24, 2.45) is 0 Å². The highest BCUT2D eigenvalue weighted by molar-refractivity contribution is 7.89. The second-order valence-corrected chi connectivity index (χ2v) is 6.76. The average Bonchev–Trinajstić information content (AvgIpc) is 2.82. The molecule has 0 aromatic carbocycles. The molecular formula is C13H21NO5S. The Kier molecular flexibility index (Phi) is 4.85. The Morgan fingerprint density at radius 2 is 2.10 bits per heavy atom. The summed E-state index contributed by atoms with van der Waals surface area (Å²) in [4.78, 5) is 0.149. The van der Waals surface area contributed by atoms with Crippen molar-refractivity contribution in [1.29, 1.82) is 0 Å². The van der Waals surface area contributed by atoms with E-state index in [4.69, 9.17) is 14.3 Å². The molecular weight excluding hydrogens is 282 g/mol. The largest absolute Gasteiger partial charge is 0.462 e. The molecule has 0 amide bonds. The molecule has 0 bridgehead atoms. The van der Waals surface area contributed by atoms with Crippen molar-refractivity contribution in [1.82, 2.24) is 4.31 Å². The van der Waals surface area contributed by atoms with E-state index in [0.29, 0.717) is 38.3 Å². The fraction of sp³-hybridized carbons (Fsp3) is 0.692. The van der Waals surface area contributed by atoms with Gasteiger partial charge < -0.3 is 14.3 Å². The van der Waals surface area contributed by atoms with Crippen molar-refractivity contribution in [2.75, 3.05) is 19.7 Å². The molecule has 20 heavy (non-hydrogen) atoms. The average molecular weight is 303 g/mol. The van der Waals surface area contributed by atoms with Crippen LogP contribution in [-0.2, 0) is 21.4 Å². The Labute approximate surface area is 119 Å². The zero-order valence-corrected chi connectivity index (χ0v) is 12.6. The predicted molar refractivity (Wildman–Crippen MR) is 72.8 cm³/mol. The van der Waals surface area contributed by atoms with Gasteiger partial charge in [-0.05, 0) is 26.7 Å².